The number of ketones is 1. The summed E-state index contributed by atoms with van der Waals surface area (Å²) in [4.78, 5) is 35.1. The van der Waals surface area contributed by atoms with Crippen molar-refractivity contribution >= 4 is 11.8 Å². The van der Waals surface area contributed by atoms with Crippen molar-refractivity contribution in [1.82, 2.24) is 0 Å². The molecule has 7 heteroatoms. The number of rotatable bonds is 4. The van der Waals surface area contributed by atoms with Gasteiger partial charge in [-0.3, -0.25) is 4.79 Å². The number of carbonyl (C=O) groups is 2. The highest BCUT2D eigenvalue weighted by molar-refractivity contribution is 5.81. The van der Waals surface area contributed by atoms with Crippen molar-refractivity contribution in [3.8, 4) is 0 Å². The van der Waals surface area contributed by atoms with E-state index >= 15 is 0 Å². The van der Waals surface area contributed by atoms with Crippen LogP contribution < -0.4 is 0 Å². The summed E-state index contributed by atoms with van der Waals surface area (Å²) in [6.45, 7) is 7.63. The van der Waals surface area contributed by atoms with Gasteiger partial charge in [-0.2, -0.15) is 0 Å². The number of carbonyl (C=O) groups excluding carboxylic acids is 2. The number of ether oxygens (including phenoxy) is 3. The average molecular weight is 382 g/mol. The number of hydrogen-bond donors (Lipinski definition) is 0. The Labute approximate surface area is 159 Å². The smallest absolute Gasteiger partial charge is 0.308 e. The van der Waals surface area contributed by atoms with Gasteiger partial charge in [0.2, 0.25) is 12.1 Å². The normalized spacial score (nSPS) is 48.4. The summed E-state index contributed by atoms with van der Waals surface area (Å²) < 4.78 is 18.0. The zero-order valence-electron chi connectivity index (χ0n) is 16.6. The third-order valence-electron chi connectivity index (χ3n) is 7.03. The first-order chi connectivity index (χ1) is 12.7. The summed E-state index contributed by atoms with van der Waals surface area (Å²) in [5.74, 6) is -0.458. The second-order valence-corrected chi connectivity index (χ2v) is 8.97. The van der Waals surface area contributed by atoms with Crippen LogP contribution in [-0.4, -0.2) is 35.7 Å². The van der Waals surface area contributed by atoms with Crippen LogP contribution in [0.25, 0.3) is 0 Å². The van der Waals surface area contributed by atoms with Crippen LogP contribution in [0, 0.1) is 23.7 Å². The molecule has 1 saturated carbocycles. The van der Waals surface area contributed by atoms with Gasteiger partial charge in [-0.1, -0.05) is 13.8 Å². The summed E-state index contributed by atoms with van der Waals surface area (Å²) in [6.07, 6.45) is 2.67. The molecule has 0 aromatic rings. The van der Waals surface area contributed by atoms with Gasteiger partial charge >= 0.3 is 5.97 Å². The van der Waals surface area contributed by atoms with Crippen LogP contribution in [0.4, 0.5) is 0 Å². The van der Waals surface area contributed by atoms with E-state index in [2.05, 4.69) is 6.92 Å². The van der Waals surface area contributed by atoms with E-state index in [9.17, 15) is 9.59 Å². The maximum absolute atomic E-state index is 12.2. The molecule has 0 aromatic heterocycles. The van der Waals surface area contributed by atoms with Crippen molar-refractivity contribution in [2.45, 2.75) is 90.2 Å². The second kappa shape index (κ2) is 6.79. The topological polar surface area (TPSA) is 80.3 Å². The number of Topliss-reactive ketones (excluding diaryl/α,β-unsaturated/α-hetero) is 1. The SMILES string of the molecule is CC(=O)CCC(=O)O[C@@H]1O[C@@H]2O[C@@]3(C)CC[C@H]4[C@H](C)CC[C@@H]([C@H]1C)C24OO3. The first kappa shape index (κ1) is 19.3. The van der Waals surface area contributed by atoms with Gasteiger partial charge in [0.1, 0.15) is 5.78 Å². The van der Waals surface area contributed by atoms with E-state index in [1.807, 2.05) is 13.8 Å². The van der Waals surface area contributed by atoms with Crippen molar-refractivity contribution in [1.29, 1.82) is 0 Å². The summed E-state index contributed by atoms with van der Waals surface area (Å²) in [5.41, 5.74) is -0.657. The molecule has 5 fully saturated rings. The second-order valence-electron chi connectivity index (χ2n) is 8.97. The van der Waals surface area contributed by atoms with E-state index < -0.39 is 29.9 Å². The molecule has 5 aliphatic rings. The van der Waals surface area contributed by atoms with E-state index in [0.717, 1.165) is 25.7 Å². The van der Waals surface area contributed by atoms with Crippen LogP contribution in [0.2, 0.25) is 0 Å². The third-order valence-corrected chi connectivity index (χ3v) is 7.03. The average Bonchev–Trinajstić information content (AvgIpc) is 2.84. The van der Waals surface area contributed by atoms with Gasteiger partial charge in [-0.15, -0.1) is 0 Å². The lowest BCUT2D eigenvalue weighted by atomic mass is 9.58. The fourth-order valence-corrected chi connectivity index (χ4v) is 5.47. The molecule has 0 radical (unpaired) electrons. The van der Waals surface area contributed by atoms with Crippen LogP contribution in [0.1, 0.15) is 66.2 Å². The Bertz CT molecular complexity index is 621. The number of fused-ring (bicyclic) bond motifs is 2. The number of hydrogen-bond acceptors (Lipinski definition) is 7. The highest BCUT2D eigenvalue weighted by Gasteiger charge is 2.69. The lowest BCUT2D eigenvalue weighted by Crippen LogP contribution is -2.70. The van der Waals surface area contributed by atoms with Crippen LogP contribution >= 0.6 is 0 Å². The lowest BCUT2D eigenvalue weighted by molar-refractivity contribution is -0.576. The molecule has 152 valence electrons. The van der Waals surface area contributed by atoms with Crippen molar-refractivity contribution in [3.05, 3.63) is 0 Å². The van der Waals surface area contributed by atoms with E-state index in [0.29, 0.717) is 5.92 Å². The predicted octanol–water partition coefficient (Wildman–Crippen LogP) is 3.11. The maximum Gasteiger partial charge on any atom is 0.308 e. The molecule has 1 spiro atoms. The molecule has 0 N–H and O–H groups in total. The van der Waals surface area contributed by atoms with Crippen LogP contribution in [0.3, 0.4) is 0 Å². The molecule has 1 unspecified atom stereocenters. The summed E-state index contributed by atoms with van der Waals surface area (Å²) in [7, 11) is 0. The maximum atomic E-state index is 12.2. The third kappa shape index (κ3) is 3.12. The quantitative estimate of drug-likeness (QED) is 0.546. The highest BCUT2D eigenvalue weighted by atomic mass is 17.3. The Kier molecular flexibility index (Phi) is 4.86. The molecule has 7 nitrogen and oxygen atoms in total. The van der Waals surface area contributed by atoms with Gasteiger partial charge in [0.25, 0.3) is 0 Å². The largest absolute Gasteiger partial charge is 0.435 e. The molecule has 5 rings (SSSR count). The molecule has 4 aliphatic heterocycles. The van der Waals surface area contributed by atoms with Crippen molar-refractivity contribution < 1.29 is 33.6 Å². The van der Waals surface area contributed by atoms with Gasteiger partial charge in [0.05, 0.1) is 6.42 Å². The minimum atomic E-state index is -0.846. The predicted molar refractivity (Wildman–Crippen MR) is 92.8 cm³/mol. The molecule has 1 aliphatic carbocycles. The molecule has 2 bridgehead atoms. The number of esters is 1. The summed E-state index contributed by atoms with van der Waals surface area (Å²) >= 11 is 0. The Hall–Kier alpha value is -1.02. The minimum Gasteiger partial charge on any atom is -0.435 e. The summed E-state index contributed by atoms with van der Waals surface area (Å²) in [5, 5.41) is 0. The van der Waals surface area contributed by atoms with Crippen LogP contribution in [0.5, 0.6) is 0 Å². The zero-order valence-corrected chi connectivity index (χ0v) is 16.6. The van der Waals surface area contributed by atoms with Crippen LogP contribution in [0.15, 0.2) is 0 Å². The van der Waals surface area contributed by atoms with Gasteiger partial charge in [-0.05, 0) is 44.9 Å². The first-order valence-corrected chi connectivity index (χ1v) is 10.1. The van der Waals surface area contributed by atoms with E-state index in [-0.39, 0.29) is 36.4 Å². The Morgan fingerprint density at radius 1 is 1.07 bits per heavy atom. The van der Waals surface area contributed by atoms with Gasteiger partial charge in [0, 0.05) is 24.7 Å². The molecule has 0 aromatic carbocycles. The standard InChI is InChI=1S/C20H30O7/c1-11-5-7-15-13(3)17(23-16(22)8-6-12(2)21)24-18-20(15)14(11)9-10-19(4,25-18)26-27-20/h11,13-15,17-18H,5-10H2,1-4H3/t11-,13-,14+,15+,17-,18-,19-,20?/m1/s1. The molecule has 27 heavy (non-hydrogen) atoms. The molecule has 8 atom stereocenters. The highest BCUT2D eigenvalue weighted by Crippen LogP contribution is 2.60. The van der Waals surface area contributed by atoms with Crippen LogP contribution in [-0.2, 0) is 33.6 Å². The summed E-state index contributed by atoms with van der Waals surface area (Å²) in [6, 6.07) is 0. The zero-order chi connectivity index (χ0) is 19.4. The van der Waals surface area contributed by atoms with Crippen molar-refractivity contribution in [2.75, 3.05) is 0 Å². The molecule has 4 heterocycles. The van der Waals surface area contributed by atoms with E-state index in [1.54, 1.807) is 0 Å². The van der Waals surface area contributed by atoms with Gasteiger partial charge in [-0.25, -0.2) is 9.78 Å². The van der Waals surface area contributed by atoms with Crippen molar-refractivity contribution in [3.63, 3.8) is 0 Å². The van der Waals surface area contributed by atoms with E-state index in [1.165, 1.54) is 6.92 Å². The Morgan fingerprint density at radius 3 is 2.59 bits per heavy atom. The van der Waals surface area contributed by atoms with Crippen molar-refractivity contribution in [2.24, 2.45) is 23.7 Å². The first-order valence-electron chi connectivity index (χ1n) is 10.1. The molecule has 4 saturated heterocycles. The molecule has 0 amide bonds. The Balaban J connectivity index is 1.58. The molecular formula is C20H30O7. The fourth-order valence-electron chi connectivity index (χ4n) is 5.47. The van der Waals surface area contributed by atoms with E-state index in [4.69, 9.17) is 24.0 Å². The van der Waals surface area contributed by atoms with Gasteiger partial charge < -0.3 is 19.0 Å². The minimum absolute atomic E-state index is 0.0319. The molecular weight excluding hydrogens is 352 g/mol. The fraction of sp³-hybridized carbons (Fsp3) is 0.900. The Morgan fingerprint density at radius 2 is 1.85 bits per heavy atom. The monoisotopic (exact) mass is 382 g/mol. The lowest BCUT2D eigenvalue weighted by Gasteiger charge is -2.59. The van der Waals surface area contributed by atoms with Gasteiger partial charge in [0.15, 0.2) is 11.9 Å².